The van der Waals surface area contributed by atoms with E-state index in [1.165, 1.54) is 73.3 Å². The van der Waals surface area contributed by atoms with Gasteiger partial charge in [0.25, 0.3) is 0 Å². The molecule has 6 saturated heterocycles. The number of hydrogen-bond acceptors (Lipinski definition) is 21. The molecule has 3 aliphatic carbocycles. The van der Waals surface area contributed by atoms with Crippen LogP contribution < -0.4 is 28.9 Å². The van der Waals surface area contributed by atoms with Crippen LogP contribution in [0.2, 0.25) is 0 Å². The van der Waals surface area contributed by atoms with Crippen LogP contribution in [-0.2, 0) is 101 Å². The number of nitrogens with zero attached hydrogens (tertiary/aromatic N) is 9. The van der Waals surface area contributed by atoms with Crippen molar-refractivity contribution in [3.05, 3.63) is 229 Å². The minimum atomic E-state index is -0.796. The monoisotopic (exact) mass is 1830 g/mol. The van der Waals surface area contributed by atoms with Gasteiger partial charge in [0, 0.05) is 155 Å². The highest BCUT2D eigenvalue weighted by Crippen LogP contribution is 2.65. The number of aromatic nitrogens is 3. The summed E-state index contributed by atoms with van der Waals surface area (Å²) in [7, 11) is 4.82. The van der Waals surface area contributed by atoms with E-state index in [1.54, 1.807) is 33.5 Å². The standard InChI is InChI=1S/C37H45N3O5.C36H42FN3O5.C35H40FN3O5/c1-23-7-5-8-30(32-9-6-10-34(38-32)40-19-27-18-37(27,36(41)42)33(40)22-43-4)35(23)45-21-26-17-24(2)31-20-39(14-11-29(31)25(26)3)28-12-15-44-16-13-28;1-23-25(10-9-24-11-15-39(16-12-28(23)24)27-13-17-44-18-14-27)21-45-34-29(5-3-6-30(34)37)31-7-4-8-33(38-31)40-20-26-19-36(26,35(41)42)32(40)22-43-2;1-22-15-23(16-24-9-12-38(19-28(22)24)26-10-13-43-14-11-26)20-44-33-27(5-3-6-29(33)36)30-7-4-8-32(37-30)39-18-25-17-35(25,34(40)41)31(39)21-42-2/h5-10,17,27-28,33H,11-16,18-22H2,1-4H3,(H,41,42);3-10,26-27,32H,11-22H2,1-2H3,(H,41,42);3-8,15-16,25-26,31H,9-14,17-21H2,1-2H3,(H,40,41)/t27-,33+,37+;26-,32+,36+;25-,31+,35+/m000/s1. The summed E-state index contributed by atoms with van der Waals surface area (Å²) in [6, 6.07) is 45.2. The minimum Gasteiger partial charge on any atom is -0.488 e. The fourth-order valence-corrected chi connectivity index (χ4v) is 24.2. The van der Waals surface area contributed by atoms with E-state index in [0.717, 1.165) is 183 Å². The fraction of sp³-hybridized carbons (Fsp3) is 0.500. The molecule has 0 amide bonds. The number of benzene rings is 6. The Morgan fingerprint density at radius 1 is 0.403 bits per heavy atom. The Morgan fingerprint density at radius 2 is 0.791 bits per heavy atom. The van der Waals surface area contributed by atoms with E-state index >= 15 is 8.78 Å². The Bertz CT molecular complexity index is 5850. The van der Waals surface area contributed by atoms with Crippen molar-refractivity contribution >= 4 is 35.4 Å². The predicted octanol–water partition coefficient (Wildman–Crippen LogP) is 16.2. The number of carbonyl (C=O) groups is 3. The molecule has 134 heavy (non-hydrogen) atoms. The van der Waals surface area contributed by atoms with Crippen molar-refractivity contribution in [2.75, 3.05) is 141 Å². The van der Waals surface area contributed by atoms with Crippen LogP contribution in [-0.4, -0.2) is 226 Å². The SMILES string of the molecule is COC[C@H]1N(c2cccc(-c3cccc(C)c3OCc3cc(C)c4c(c3C)CCN(C3CCOCC3)C4)n2)C[C@@H]2C[C@@]21C(=O)O.COC[C@H]1N(c2cccc(-c3cccc(F)c3OCc3cc(C)c4c(c3)CCN(C3CCOCC3)C4)n2)C[C@@H]2C[C@@]21C(=O)O.COC[C@H]1N(c2cccc(-c3cccc(F)c3OCc3ccc4c(c3C)CCN(C3CCOCC3)CC4)n2)C[C@@H]2C[C@@]21C(=O)O. The van der Waals surface area contributed by atoms with Gasteiger partial charge < -0.3 is 72.7 Å². The highest BCUT2D eigenvalue weighted by Gasteiger charge is 2.73. The number of methoxy groups -OCH3 is 3. The third kappa shape index (κ3) is 17.9. The fourth-order valence-electron chi connectivity index (χ4n) is 24.2. The van der Waals surface area contributed by atoms with Gasteiger partial charge in [-0.1, -0.05) is 72.8 Å². The zero-order chi connectivity index (χ0) is 92.8. The zero-order valence-corrected chi connectivity index (χ0v) is 78.5. The van der Waals surface area contributed by atoms with E-state index in [0.29, 0.717) is 118 Å². The molecule has 26 heteroatoms. The van der Waals surface area contributed by atoms with Crippen LogP contribution >= 0.6 is 0 Å². The first-order chi connectivity index (χ1) is 65.1. The van der Waals surface area contributed by atoms with Crippen LogP contribution in [0.1, 0.15) is 136 Å². The second kappa shape index (κ2) is 39.3. The first-order valence-corrected chi connectivity index (χ1v) is 48.3. The average molecular weight is 1830 g/mol. The number of rotatable bonds is 27. The molecule has 3 saturated carbocycles. The molecule has 6 aromatic carbocycles. The molecule has 0 bridgehead atoms. The normalized spacial score (nSPS) is 24.9. The largest absolute Gasteiger partial charge is 0.488 e. The van der Waals surface area contributed by atoms with Crippen LogP contribution in [0.5, 0.6) is 17.2 Å². The number of fused-ring (bicyclic) bond motifs is 6. The third-order valence-electron chi connectivity index (χ3n) is 32.1. The summed E-state index contributed by atoms with van der Waals surface area (Å²) in [6.07, 6.45) is 12.8. The molecule has 708 valence electrons. The molecule has 0 radical (unpaired) electrons. The zero-order valence-electron chi connectivity index (χ0n) is 78.5. The van der Waals surface area contributed by atoms with E-state index in [2.05, 4.69) is 96.7 Å². The van der Waals surface area contributed by atoms with Gasteiger partial charge in [-0.15, -0.1) is 0 Å². The van der Waals surface area contributed by atoms with Crippen molar-refractivity contribution in [1.29, 1.82) is 0 Å². The molecule has 12 aliphatic rings. The Kier molecular flexibility index (Phi) is 27.1. The first kappa shape index (κ1) is 92.5. The van der Waals surface area contributed by atoms with Crippen LogP contribution in [0, 0.1) is 80.3 Å². The number of ether oxygens (including phenoxy) is 9. The number of carboxylic acids is 3. The summed E-state index contributed by atoms with van der Waals surface area (Å²) in [5.41, 5.74) is 19.8. The van der Waals surface area contributed by atoms with Gasteiger partial charge in [0.05, 0.1) is 71.3 Å². The molecule has 0 spiro atoms. The highest BCUT2D eigenvalue weighted by molar-refractivity contribution is 5.85. The molecule has 0 unspecified atom stereocenters. The number of aliphatic carboxylic acids is 3. The highest BCUT2D eigenvalue weighted by atomic mass is 19.1. The molecule has 3 N–H and O–H groups in total. The summed E-state index contributed by atoms with van der Waals surface area (Å²) in [5.74, 6) is 0.376. The van der Waals surface area contributed by atoms with E-state index < -0.39 is 45.8 Å². The number of pyridine rings is 3. The lowest BCUT2D eigenvalue weighted by Gasteiger charge is -2.39. The van der Waals surface area contributed by atoms with Crippen LogP contribution in [0.15, 0.2) is 140 Å². The van der Waals surface area contributed by atoms with Crippen LogP contribution in [0.4, 0.5) is 26.2 Å². The molecular weight excluding hydrogens is 1700 g/mol. The van der Waals surface area contributed by atoms with Crippen LogP contribution in [0.3, 0.4) is 0 Å². The van der Waals surface area contributed by atoms with Crippen molar-refractivity contribution in [3.8, 4) is 51.0 Å². The third-order valence-corrected chi connectivity index (χ3v) is 32.1. The van der Waals surface area contributed by atoms with Crippen LogP contribution in [0.25, 0.3) is 33.8 Å². The quantitative estimate of drug-likeness (QED) is 0.0432. The van der Waals surface area contributed by atoms with Gasteiger partial charge in [0.2, 0.25) is 0 Å². The van der Waals surface area contributed by atoms with Gasteiger partial charge in [0.15, 0.2) is 23.1 Å². The number of anilines is 3. The first-order valence-electron chi connectivity index (χ1n) is 48.3. The van der Waals surface area contributed by atoms with Gasteiger partial charge >= 0.3 is 17.9 Å². The van der Waals surface area contributed by atoms with Crippen molar-refractivity contribution in [2.24, 2.45) is 34.0 Å². The van der Waals surface area contributed by atoms with Gasteiger partial charge in [-0.2, -0.15) is 0 Å². The lowest BCUT2D eigenvalue weighted by Crippen LogP contribution is -2.43. The van der Waals surface area contributed by atoms with Gasteiger partial charge in [-0.05, 0) is 280 Å². The Labute approximate surface area is 784 Å². The molecule has 3 aromatic heterocycles. The summed E-state index contributed by atoms with van der Waals surface area (Å²) in [4.78, 5) is 65.7. The molecule has 9 atom stereocenters. The molecule has 21 rings (SSSR count). The van der Waals surface area contributed by atoms with Crippen molar-refractivity contribution < 1.29 is 81.1 Å². The Hall–Kier alpha value is -10.5. The van der Waals surface area contributed by atoms with Gasteiger partial charge in [-0.25, -0.2) is 23.7 Å². The summed E-state index contributed by atoms with van der Waals surface area (Å²) < 4.78 is 83.0. The smallest absolute Gasteiger partial charge is 0.312 e. The Balaban J connectivity index is 0.000000129. The molecule has 9 aromatic rings. The molecule has 24 nitrogen and oxygen atoms in total. The van der Waals surface area contributed by atoms with Crippen molar-refractivity contribution in [2.45, 2.75) is 187 Å². The maximum atomic E-state index is 15.4. The number of para-hydroxylation sites is 3. The molecule has 9 aliphatic heterocycles. The topological polar surface area (TPSA) is 253 Å². The summed E-state index contributed by atoms with van der Waals surface area (Å²) >= 11 is 0. The number of halogens is 2. The van der Waals surface area contributed by atoms with E-state index in [9.17, 15) is 29.7 Å². The number of aryl methyl sites for hydroxylation is 3. The van der Waals surface area contributed by atoms with E-state index in [4.69, 9.17) is 57.6 Å². The summed E-state index contributed by atoms with van der Waals surface area (Å²) in [5, 5.41) is 30.1. The predicted molar refractivity (Wildman–Crippen MR) is 507 cm³/mol. The lowest BCUT2D eigenvalue weighted by molar-refractivity contribution is -0.145. The average Bonchev–Trinajstić information content (AvgIpc) is 1.53. The maximum Gasteiger partial charge on any atom is 0.312 e. The molecule has 12 heterocycles. The van der Waals surface area contributed by atoms with Gasteiger partial charge in [0.1, 0.15) is 43.0 Å². The minimum absolute atomic E-state index is 0.0720. The number of hydrogen-bond donors (Lipinski definition) is 3. The number of carboxylic acid groups (broad SMARTS) is 3. The molecule has 9 fully saturated rings. The maximum absolute atomic E-state index is 15.4. The van der Waals surface area contributed by atoms with E-state index in [-0.39, 0.29) is 60.6 Å². The second-order valence-electron chi connectivity index (χ2n) is 39.3. The van der Waals surface area contributed by atoms with Crippen molar-refractivity contribution in [3.63, 3.8) is 0 Å². The lowest BCUT2D eigenvalue weighted by atomic mass is 9.87. The van der Waals surface area contributed by atoms with Gasteiger partial charge in [-0.3, -0.25) is 29.1 Å². The summed E-state index contributed by atoms with van der Waals surface area (Å²) in [6.45, 7) is 26.1. The molecular formula is C108H127F2N9O15. The Morgan fingerprint density at radius 3 is 1.28 bits per heavy atom. The van der Waals surface area contributed by atoms with E-state index in [1.807, 2.05) is 82.6 Å². The number of piperidine rings is 3. The second-order valence-corrected chi connectivity index (χ2v) is 39.3. The van der Waals surface area contributed by atoms with Crippen molar-refractivity contribution in [1.82, 2.24) is 29.7 Å².